The van der Waals surface area contributed by atoms with Gasteiger partial charge < -0.3 is 15.8 Å². The van der Waals surface area contributed by atoms with Crippen molar-refractivity contribution in [1.82, 2.24) is 0 Å². The molecule has 0 aromatic heterocycles. The highest BCUT2D eigenvalue weighted by Crippen LogP contribution is 2.22. The second-order valence-electron chi connectivity index (χ2n) is 3.89. The van der Waals surface area contributed by atoms with Crippen molar-refractivity contribution < 1.29 is 4.74 Å². The Morgan fingerprint density at radius 1 is 1.59 bits per heavy atom. The maximum Gasteiger partial charge on any atom is 0.105 e. The first-order valence-corrected chi connectivity index (χ1v) is 6.59. The van der Waals surface area contributed by atoms with E-state index >= 15 is 0 Å². The average Bonchev–Trinajstić information content (AvgIpc) is 2.26. The van der Waals surface area contributed by atoms with Crippen molar-refractivity contribution in [2.75, 3.05) is 19.0 Å². The standard InChI is InChI=1S/C12H17BrN2OS/c1-8(5-6-16-2)15-9-3-4-10(12(14)17)11(13)7-9/h3-4,7-8,15H,5-6H2,1-2H3,(H2,14,17). The van der Waals surface area contributed by atoms with Crippen molar-refractivity contribution in [2.24, 2.45) is 5.73 Å². The molecule has 0 spiro atoms. The van der Waals surface area contributed by atoms with Crippen LogP contribution in [0, 0.1) is 0 Å². The van der Waals surface area contributed by atoms with E-state index in [1.807, 2.05) is 18.2 Å². The number of nitrogens with two attached hydrogens (primary N) is 1. The van der Waals surface area contributed by atoms with Crippen molar-refractivity contribution in [3.63, 3.8) is 0 Å². The molecule has 0 aliphatic carbocycles. The SMILES string of the molecule is COCCC(C)Nc1ccc(C(N)=S)c(Br)c1. The Morgan fingerprint density at radius 2 is 2.29 bits per heavy atom. The molecule has 1 unspecified atom stereocenters. The van der Waals surface area contributed by atoms with E-state index in [2.05, 4.69) is 28.2 Å². The van der Waals surface area contributed by atoms with Crippen molar-refractivity contribution in [3.8, 4) is 0 Å². The van der Waals surface area contributed by atoms with E-state index in [0.29, 0.717) is 11.0 Å². The number of halogens is 1. The van der Waals surface area contributed by atoms with Crippen LogP contribution in [0.25, 0.3) is 0 Å². The minimum Gasteiger partial charge on any atom is -0.389 e. The molecule has 1 aromatic carbocycles. The zero-order chi connectivity index (χ0) is 12.8. The molecule has 3 N–H and O–H groups in total. The molecule has 94 valence electrons. The number of anilines is 1. The van der Waals surface area contributed by atoms with Crippen LogP contribution in [-0.2, 0) is 4.74 Å². The molecule has 3 nitrogen and oxygen atoms in total. The van der Waals surface area contributed by atoms with Gasteiger partial charge in [-0.25, -0.2) is 0 Å². The molecule has 1 atom stereocenters. The van der Waals surface area contributed by atoms with Gasteiger partial charge in [0, 0.05) is 35.5 Å². The van der Waals surface area contributed by atoms with Crippen LogP contribution in [0.15, 0.2) is 22.7 Å². The third-order valence-electron chi connectivity index (χ3n) is 2.40. The summed E-state index contributed by atoms with van der Waals surface area (Å²) in [6.07, 6.45) is 0.963. The first kappa shape index (κ1) is 14.4. The molecule has 0 aliphatic rings. The fraction of sp³-hybridized carbons (Fsp3) is 0.417. The Bertz CT molecular complexity index is 398. The van der Waals surface area contributed by atoms with Gasteiger partial charge in [0.1, 0.15) is 4.99 Å². The van der Waals surface area contributed by atoms with Crippen LogP contribution in [0.3, 0.4) is 0 Å². The van der Waals surface area contributed by atoms with E-state index in [0.717, 1.165) is 28.8 Å². The summed E-state index contributed by atoms with van der Waals surface area (Å²) in [7, 11) is 1.71. The third kappa shape index (κ3) is 4.61. The van der Waals surface area contributed by atoms with E-state index in [1.54, 1.807) is 7.11 Å². The number of methoxy groups -OCH3 is 1. The molecule has 1 aromatic rings. The molecule has 0 saturated heterocycles. The highest BCUT2D eigenvalue weighted by molar-refractivity contribution is 9.10. The van der Waals surface area contributed by atoms with Crippen LogP contribution in [-0.4, -0.2) is 24.7 Å². The van der Waals surface area contributed by atoms with Crippen molar-refractivity contribution >= 4 is 38.8 Å². The van der Waals surface area contributed by atoms with Crippen molar-refractivity contribution in [1.29, 1.82) is 0 Å². The maximum atomic E-state index is 5.60. The molecule has 0 heterocycles. The van der Waals surface area contributed by atoms with Crippen LogP contribution in [0.1, 0.15) is 18.9 Å². The smallest absolute Gasteiger partial charge is 0.105 e. The molecule has 0 radical (unpaired) electrons. The van der Waals surface area contributed by atoms with Gasteiger partial charge in [0.25, 0.3) is 0 Å². The Kier molecular flexibility index (Phi) is 5.88. The number of rotatable bonds is 6. The Balaban J connectivity index is 2.67. The Morgan fingerprint density at radius 3 is 2.82 bits per heavy atom. The molecule has 0 aliphatic heterocycles. The predicted molar refractivity (Wildman–Crippen MR) is 79.6 cm³/mol. The number of nitrogens with one attached hydrogen (secondary N) is 1. The molecule has 0 fully saturated rings. The first-order valence-electron chi connectivity index (χ1n) is 5.39. The molecule has 0 saturated carbocycles. The minimum atomic E-state index is 0.359. The lowest BCUT2D eigenvalue weighted by molar-refractivity contribution is 0.191. The van der Waals surface area contributed by atoms with Gasteiger partial charge in [-0.15, -0.1) is 0 Å². The topological polar surface area (TPSA) is 47.3 Å². The molecule has 17 heavy (non-hydrogen) atoms. The normalized spacial score (nSPS) is 12.2. The molecule has 5 heteroatoms. The number of hydrogen-bond acceptors (Lipinski definition) is 3. The maximum absolute atomic E-state index is 5.60. The van der Waals surface area contributed by atoms with E-state index in [1.165, 1.54) is 0 Å². The number of ether oxygens (including phenoxy) is 1. The van der Waals surface area contributed by atoms with Gasteiger partial charge in [0.15, 0.2) is 0 Å². The molecular formula is C12H17BrN2OS. The second kappa shape index (κ2) is 6.93. The predicted octanol–water partition coefficient (Wildman–Crippen LogP) is 2.92. The van der Waals surface area contributed by atoms with Crippen LogP contribution < -0.4 is 11.1 Å². The van der Waals surface area contributed by atoms with E-state index in [4.69, 9.17) is 22.7 Å². The average molecular weight is 317 g/mol. The fourth-order valence-electron chi connectivity index (χ4n) is 1.46. The van der Waals surface area contributed by atoms with E-state index in [9.17, 15) is 0 Å². The second-order valence-corrected chi connectivity index (χ2v) is 5.18. The van der Waals surface area contributed by atoms with E-state index in [-0.39, 0.29) is 0 Å². The summed E-state index contributed by atoms with van der Waals surface area (Å²) in [5.74, 6) is 0. The number of benzene rings is 1. The summed E-state index contributed by atoms with van der Waals surface area (Å²) in [4.78, 5) is 0.399. The molecular weight excluding hydrogens is 300 g/mol. The van der Waals surface area contributed by atoms with Gasteiger partial charge >= 0.3 is 0 Å². The third-order valence-corrected chi connectivity index (χ3v) is 3.28. The van der Waals surface area contributed by atoms with Crippen molar-refractivity contribution in [2.45, 2.75) is 19.4 Å². The van der Waals surface area contributed by atoms with Crippen LogP contribution >= 0.6 is 28.1 Å². The molecule has 1 rings (SSSR count). The largest absolute Gasteiger partial charge is 0.389 e. The van der Waals surface area contributed by atoms with Crippen LogP contribution in [0.5, 0.6) is 0 Å². The monoisotopic (exact) mass is 316 g/mol. The lowest BCUT2D eigenvalue weighted by Gasteiger charge is -2.15. The summed E-state index contributed by atoms with van der Waals surface area (Å²) in [5, 5.41) is 3.39. The first-order chi connectivity index (χ1) is 8.04. The summed E-state index contributed by atoms with van der Waals surface area (Å²) >= 11 is 8.41. The summed E-state index contributed by atoms with van der Waals surface area (Å²) in [5.41, 5.74) is 7.49. The lowest BCUT2D eigenvalue weighted by atomic mass is 10.2. The zero-order valence-corrected chi connectivity index (χ0v) is 12.4. The van der Waals surface area contributed by atoms with Gasteiger partial charge in [-0.3, -0.25) is 0 Å². The zero-order valence-electron chi connectivity index (χ0n) is 10.00. The Hall–Kier alpha value is -0.650. The van der Waals surface area contributed by atoms with Crippen molar-refractivity contribution in [3.05, 3.63) is 28.2 Å². The number of thiocarbonyl (C=S) groups is 1. The summed E-state index contributed by atoms with van der Waals surface area (Å²) in [6, 6.07) is 6.23. The highest BCUT2D eigenvalue weighted by Gasteiger charge is 2.06. The van der Waals surface area contributed by atoms with Gasteiger partial charge in [0.2, 0.25) is 0 Å². The lowest BCUT2D eigenvalue weighted by Crippen LogP contribution is -2.17. The highest BCUT2D eigenvalue weighted by atomic mass is 79.9. The Labute approximate surface area is 116 Å². The summed E-state index contributed by atoms with van der Waals surface area (Å²) in [6.45, 7) is 2.87. The quantitative estimate of drug-likeness (QED) is 0.792. The van der Waals surface area contributed by atoms with Gasteiger partial charge in [-0.1, -0.05) is 12.2 Å². The van der Waals surface area contributed by atoms with Crippen LogP contribution in [0.2, 0.25) is 0 Å². The number of hydrogen-bond donors (Lipinski definition) is 2. The van der Waals surface area contributed by atoms with Gasteiger partial charge in [-0.2, -0.15) is 0 Å². The molecule has 0 bridgehead atoms. The van der Waals surface area contributed by atoms with Gasteiger partial charge in [-0.05, 0) is 47.5 Å². The van der Waals surface area contributed by atoms with E-state index < -0.39 is 0 Å². The molecule has 0 amide bonds. The minimum absolute atomic E-state index is 0.359. The summed E-state index contributed by atoms with van der Waals surface area (Å²) < 4.78 is 5.95. The van der Waals surface area contributed by atoms with Gasteiger partial charge in [0.05, 0.1) is 0 Å². The fourth-order valence-corrected chi connectivity index (χ4v) is 2.36. The van der Waals surface area contributed by atoms with Crippen LogP contribution in [0.4, 0.5) is 5.69 Å².